The van der Waals surface area contributed by atoms with Crippen molar-refractivity contribution in [3.05, 3.63) is 42.1 Å². The Morgan fingerprint density at radius 2 is 2.08 bits per heavy atom. The summed E-state index contributed by atoms with van der Waals surface area (Å²) in [5, 5.41) is 0.258. The number of aromatic nitrogens is 1. The zero-order valence-electron chi connectivity index (χ0n) is 14.2. The number of pyridine rings is 1. The molecule has 6 nitrogen and oxygen atoms in total. The number of sulfonamides is 1. The van der Waals surface area contributed by atoms with Crippen molar-refractivity contribution in [1.82, 2.24) is 4.98 Å². The van der Waals surface area contributed by atoms with Crippen LogP contribution in [0, 0.1) is 6.92 Å². The van der Waals surface area contributed by atoms with Crippen LogP contribution in [-0.2, 0) is 14.8 Å². The van der Waals surface area contributed by atoms with E-state index in [9.17, 15) is 13.2 Å². The molecule has 25 heavy (non-hydrogen) atoms. The van der Waals surface area contributed by atoms with Crippen molar-refractivity contribution in [2.24, 2.45) is 0 Å². The fraction of sp³-hybridized carbons (Fsp3) is 0.294. The highest BCUT2D eigenvalue weighted by Crippen LogP contribution is 2.39. The molecule has 1 N–H and O–H groups in total. The molecule has 1 aliphatic heterocycles. The molecule has 132 valence electrons. The molecule has 0 fully saturated rings. The van der Waals surface area contributed by atoms with Crippen LogP contribution in [0.1, 0.15) is 19.4 Å². The fourth-order valence-corrected chi connectivity index (χ4v) is 4.73. The molecule has 1 unspecified atom stereocenters. The first-order valence-electron chi connectivity index (χ1n) is 7.80. The van der Waals surface area contributed by atoms with Crippen LogP contribution in [0.3, 0.4) is 0 Å². The number of hydrogen-bond donors (Lipinski definition) is 1. The molecule has 2 heterocycles. The standard InChI is InChI=1S/C17H19N3O3S2/c1-11-4-7-17(18-9-11)19-25(22,23)14-5-6-16-15(8-14)20(13(3)21)10-12(2)24-16/h4-9,12H,10H2,1-3H3,(H,18,19). The quantitative estimate of drug-likeness (QED) is 0.889. The molecular formula is C17H19N3O3S2. The van der Waals surface area contributed by atoms with Crippen LogP contribution in [0.15, 0.2) is 46.3 Å². The molecule has 1 aliphatic rings. The summed E-state index contributed by atoms with van der Waals surface area (Å²) in [6.07, 6.45) is 1.60. The summed E-state index contributed by atoms with van der Waals surface area (Å²) in [7, 11) is -3.78. The number of anilines is 2. The van der Waals surface area contributed by atoms with Gasteiger partial charge in [-0.25, -0.2) is 13.4 Å². The number of thioether (sulfide) groups is 1. The van der Waals surface area contributed by atoms with E-state index >= 15 is 0 Å². The van der Waals surface area contributed by atoms with Crippen molar-refractivity contribution in [1.29, 1.82) is 0 Å². The average Bonchev–Trinajstić information content (AvgIpc) is 2.55. The van der Waals surface area contributed by atoms with Crippen molar-refractivity contribution in [2.45, 2.75) is 35.8 Å². The number of carbonyl (C=O) groups excluding carboxylic acids is 1. The van der Waals surface area contributed by atoms with Crippen LogP contribution in [-0.4, -0.2) is 31.1 Å². The van der Waals surface area contributed by atoms with Gasteiger partial charge in [0.25, 0.3) is 10.0 Å². The minimum absolute atomic E-state index is 0.101. The first kappa shape index (κ1) is 17.8. The average molecular weight is 377 g/mol. The lowest BCUT2D eigenvalue weighted by atomic mass is 10.2. The largest absolute Gasteiger partial charge is 0.310 e. The monoisotopic (exact) mass is 377 g/mol. The van der Waals surface area contributed by atoms with Crippen molar-refractivity contribution in [2.75, 3.05) is 16.2 Å². The molecule has 1 atom stereocenters. The number of amides is 1. The van der Waals surface area contributed by atoms with Crippen LogP contribution in [0.4, 0.5) is 11.5 Å². The molecule has 1 aromatic heterocycles. The first-order valence-corrected chi connectivity index (χ1v) is 10.2. The molecule has 3 rings (SSSR count). The maximum Gasteiger partial charge on any atom is 0.263 e. The SMILES string of the molecule is CC(=O)N1CC(C)Sc2ccc(S(=O)(=O)Nc3ccc(C)cn3)cc21. The number of rotatable bonds is 3. The number of benzene rings is 1. The zero-order chi connectivity index (χ0) is 18.2. The molecule has 2 aromatic rings. The second-order valence-corrected chi connectivity index (χ2v) is 9.18. The molecule has 0 saturated heterocycles. The predicted octanol–water partition coefficient (Wildman–Crippen LogP) is 3.04. The van der Waals surface area contributed by atoms with Crippen molar-refractivity contribution in [3.63, 3.8) is 0 Å². The Bertz CT molecular complexity index is 911. The van der Waals surface area contributed by atoms with Gasteiger partial charge in [0, 0.05) is 29.8 Å². The zero-order valence-corrected chi connectivity index (χ0v) is 15.8. The van der Waals surface area contributed by atoms with E-state index in [0.717, 1.165) is 10.5 Å². The Morgan fingerprint density at radius 3 is 2.72 bits per heavy atom. The van der Waals surface area contributed by atoms with Crippen LogP contribution in [0.5, 0.6) is 0 Å². The summed E-state index contributed by atoms with van der Waals surface area (Å²) in [5.41, 5.74) is 1.58. The van der Waals surface area contributed by atoms with Crippen molar-refractivity contribution < 1.29 is 13.2 Å². The Labute approximate surface area is 151 Å². The van der Waals surface area contributed by atoms with Gasteiger partial charge in [-0.3, -0.25) is 9.52 Å². The number of aryl methyl sites for hydroxylation is 1. The van der Waals surface area contributed by atoms with E-state index in [4.69, 9.17) is 0 Å². The van der Waals surface area contributed by atoms with E-state index in [0.29, 0.717) is 12.2 Å². The van der Waals surface area contributed by atoms with Gasteiger partial charge >= 0.3 is 0 Å². The molecular weight excluding hydrogens is 358 g/mol. The van der Waals surface area contributed by atoms with Gasteiger partial charge < -0.3 is 4.90 Å². The summed E-state index contributed by atoms with van der Waals surface area (Å²) >= 11 is 1.64. The van der Waals surface area contributed by atoms with Gasteiger partial charge in [0.05, 0.1) is 10.6 Å². The van der Waals surface area contributed by atoms with Crippen LogP contribution >= 0.6 is 11.8 Å². The van der Waals surface area contributed by atoms with Crippen molar-refractivity contribution >= 4 is 39.2 Å². The van der Waals surface area contributed by atoms with E-state index in [1.165, 1.54) is 6.92 Å². The van der Waals surface area contributed by atoms with Crippen LogP contribution < -0.4 is 9.62 Å². The Kier molecular flexibility index (Phi) is 4.75. The molecule has 1 aromatic carbocycles. The smallest absolute Gasteiger partial charge is 0.263 e. The third-order valence-corrected chi connectivity index (χ3v) is 6.33. The van der Waals surface area contributed by atoms with Gasteiger partial charge in [0.15, 0.2) is 0 Å². The number of nitrogens with zero attached hydrogens (tertiary/aromatic N) is 2. The highest BCUT2D eigenvalue weighted by Gasteiger charge is 2.27. The Hall–Kier alpha value is -2.06. The number of nitrogens with one attached hydrogen (secondary N) is 1. The second-order valence-electron chi connectivity index (χ2n) is 6.01. The molecule has 0 bridgehead atoms. The third kappa shape index (κ3) is 3.80. The summed E-state index contributed by atoms with van der Waals surface area (Å²) in [6.45, 7) is 5.97. The van der Waals surface area contributed by atoms with E-state index in [2.05, 4.69) is 9.71 Å². The molecule has 1 amide bonds. The molecule has 0 aliphatic carbocycles. The topological polar surface area (TPSA) is 79.4 Å². The molecule has 8 heteroatoms. The van der Waals surface area contributed by atoms with Crippen LogP contribution in [0.2, 0.25) is 0 Å². The van der Waals surface area contributed by atoms with Crippen molar-refractivity contribution in [3.8, 4) is 0 Å². The molecule has 0 spiro atoms. The van der Waals surface area contributed by atoms with Crippen LogP contribution in [0.25, 0.3) is 0 Å². The lowest BCUT2D eigenvalue weighted by molar-refractivity contribution is -0.116. The van der Waals surface area contributed by atoms with Gasteiger partial charge in [-0.05, 0) is 36.8 Å². The van der Waals surface area contributed by atoms with E-state index in [-0.39, 0.29) is 21.9 Å². The number of fused-ring (bicyclic) bond motifs is 1. The Balaban J connectivity index is 1.96. The predicted molar refractivity (Wildman–Crippen MR) is 99.6 cm³/mol. The van der Waals surface area contributed by atoms with E-state index in [1.807, 2.05) is 13.8 Å². The summed E-state index contributed by atoms with van der Waals surface area (Å²) in [4.78, 5) is 18.6. The minimum atomic E-state index is -3.78. The highest BCUT2D eigenvalue weighted by molar-refractivity contribution is 8.00. The van der Waals surface area contributed by atoms with Gasteiger partial charge in [-0.15, -0.1) is 11.8 Å². The van der Waals surface area contributed by atoms with Gasteiger partial charge in [0.2, 0.25) is 5.91 Å². The van der Waals surface area contributed by atoms with E-state index in [1.54, 1.807) is 53.2 Å². The summed E-state index contributed by atoms with van der Waals surface area (Å²) in [6, 6.07) is 8.26. The summed E-state index contributed by atoms with van der Waals surface area (Å²) in [5.74, 6) is 0.158. The fourth-order valence-electron chi connectivity index (χ4n) is 2.61. The maximum absolute atomic E-state index is 12.7. The number of hydrogen-bond acceptors (Lipinski definition) is 5. The highest BCUT2D eigenvalue weighted by atomic mass is 32.2. The molecule has 0 radical (unpaired) electrons. The molecule has 0 saturated carbocycles. The minimum Gasteiger partial charge on any atom is -0.310 e. The van der Waals surface area contributed by atoms with E-state index < -0.39 is 10.0 Å². The first-order chi connectivity index (χ1) is 11.8. The third-order valence-electron chi connectivity index (χ3n) is 3.83. The normalized spacial score (nSPS) is 17.1. The van der Waals surface area contributed by atoms with Gasteiger partial charge in [-0.1, -0.05) is 13.0 Å². The maximum atomic E-state index is 12.7. The van der Waals surface area contributed by atoms with Gasteiger partial charge in [0.1, 0.15) is 5.82 Å². The Morgan fingerprint density at radius 1 is 1.32 bits per heavy atom. The lowest BCUT2D eigenvalue weighted by Gasteiger charge is -2.32. The van der Waals surface area contributed by atoms with Gasteiger partial charge in [-0.2, -0.15) is 0 Å². The number of carbonyl (C=O) groups is 1. The lowest BCUT2D eigenvalue weighted by Crippen LogP contribution is -2.37. The summed E-state index contributed by atoms with van der Waals surface area (Å²) < 4.78 is 27.8. The second kappa shape index (κ2) is 6.68.